The Morgan fingerprint density at radius 2 is 2.29 bits per heavy atom. The molecule has 2 heterocycles. The summed E-state index contributed by atoms with van der Waals surface area (Å²) >= 11 is 3.48. The van der Waals surface area contributed by atoms with Gasteiger partial charge in [0.2, 0.25) is 0 Å². The summed E-state index contributed by atoms with van der Waals surface area (Å²) < 4.78 is 2.22. The van der Waals surface area contributed by atoms with E-state index in [0.29, 0.717) is 6.54 Å². The minimum atomic E-state index is 0.188. The van der Waals surface area contributed by atoms with Gasteiger partial charge < -0.3 is 10.6 Å². The second-order valence-electron chi connectivity index (χ2n) is 5.34. The summed E-state index contributed by atoms with van der Waals surface area (Å²) in [5, 5.41) is 8.70. The first-order chi connectivity index (χ1) is 10.0. The highest BCUT2D eigenvalue weighted by Gasteiger charge is 2.16. The van der Waals surface area contributed by atoms with Gasteiger partial charge in [0.15, 0.2) is 10.9 Å². The predicted octanol–water partition coefficient (Wildman–Crippen LogP) is 2.59. The van der Waals surface area contributed by atoms with Crippen LogP contribution in [-0.4, -0.2) is 39.4 Å². The van der Waals surface area contributed by atoms with Crippen LogP contribution in [0.1, 0.15) is 26.5 Å². The van der Waals surface area contributed by atoms with Gasteiger partial charge in [-0.2, -0.15) is 11.8 Å². The van der Waals surface area contributed by atoms with Crippen LogP contribution in [0.5, 0.6) is 0 Å². The Morgan fingerprint density at radius 3 is 2.95 bits per heavy atom. The Morgan fingerprint density at radius 1 is 1.48 bits per heavy atom. The number of imidazole rings is 1. The van der Waals surface area contributed by atoms with E-state index in [0.717, 1.165) is 29.7 Å². The molecule has 0 fully saturated rings. The molecular weight excluding hydrogens is 302 g/mol. The molecule has 0 saturated carbocycles. The fourth-order valence-electron chi connectivity index (χ4n) is 1.72. The Labute approximate surface area is 134 Å². The number of nitrogens with zero attached hydrogens (tertiary/aromatic N) is 3. The third kappa shape index (κ3) is 4.64. The maximum Gasteiger partial charge on any atom is 0.193 e. The maximum atomic E-state index is 4.61. The smallest absolute Gasteiger partial charge is 0.193 e. The van der Waals surface area contributed by atoms with Crippen molar-refractivity contribution < 1.29 is 0 Å². The van der Waals surface area contributed by atoms with Gasteiger partial charge in [-0.25, -0.2) is 9.98 Å². The van der Waals surface area contributed by atoms with Gasteiger partial charge in [0.1, 0.15) is 0 Å². The van der Waals surface area contributed by atoms with Crippen molar-refractivity contribution in [3.05, 3.63) is 23.5 Å². The number of hydrogen-bond donors (Lipinski definition) is 2. The molecule has 0 amide bonds. The maximum absolute atomic E-state index is 4.61. The van der Waals surface area contributed by atoms with E-state index in [1.54, 1.807) is 11.3 Å². The van der Waals surface area contributed by atoms with Gasteiger partial charge in [0, 0.05) is 35.6 Å². The van der Waals surface area contributed by atoms with E-state index >= 15 is 0 Å². The van der Waals surface area contributed by atoms with Crippen molar-refractivity contribution in [3.63, 3.8) is 0 Å². The third-order valence-electron chi connectivity index (χ3n) is 3.12. The molecule has 0 aromatic carbocycles. The van der Waals surface area contributed by atoms with Crippen molar-refractivity contribution in [2.24, 2.45) is 4.99 Å². The van der Waals surface area contributed by atoms with Gasteiger partial charge in [-0.15, -0.1) is 11.3 Å². The molecule has 5 nitrogen and oxygen atoms in total. The number of guanidine groups is 1. The molecule has 0 unspecified atom stereocenters. The summed E-state index contributed by atoms with van der Waals surface area (Å²) in [5.41, 5.74) is 0.989. The van der Waals surface area contributed by atoms with Gasteiger partial charge in [0.05, 0.1) is 12.2 Å². The molecule has 2 aromatic rings. The van der Waals surface area contributed by atoms with Crippen LogP contribution in [0.15, 0.2) is 22.8 Å². The van der Waals surface area contributed by atoms with Crippen molar-refractivity contribution in [1.29, 1.82) is 0 Å². The van der Waals surface area contributed by atoms with Crippen molar-refractivity contribution in [2.75, 3.05) is 19.3 Å². The summed E-state index contributed by atoms with van der Waals surface area (Å²) in [6.07, 6.45) is 6.18. The minimum Gasteiger partial charge on any atom is -0.357 e. The van der Waals surface area contributed by atoms with Gasteiger partial charge in [-0.1, -0.05) is 0 Å². The molecule has 0 atom stereocenters. The zero-order valence-electron chi connectivity index (χ0n) is 13.0. The van der Waals surface area contributed by atoms with Gasteiger partial charge in [-0.05, 0) is 27.0 Å². The molecule has 0 radical (unpaired) electrons. The Bertz CT molecular complexity index is 571. The molecule has 0 aliphatic heterocycles. The standard InChI is InChI=1S/C14H23N5S2/c1-5-15-12(17-10-14(2,3)20-4)16-8-11-9-19-6-7-21-13(19)18-11/h6-7,9H,5,8,10H2,1-4H3,(H2,15,16,17). The largest absolute Gasteiger partial charge is 0.357 e. The lowest BCUT2D eigenvalue weighted by Gasteiger charge is -2.23. The van der Waals surface area contributed by atoms with Crippen molar-refractivity contribution in [1.82, 2.24) is 20.0 Å². The molecule has 7 heteroatoms. The zero-order valence-corrected chi connectivity index (χ0v) is 14.6. The highest BCUT2D eigenvalue weighted by molar-refractivity contribution is 7.99. The molecular formula is C14H23N5S2. The number of aliphatic imine (C=N–C) groups is 1. The lowest BCUT2D eigenvalue weighted by molar-refractivity contribution is 0.664. The normalized spacial score (nSPS) is 12.9. The molecule has 0 aliphatic rings. The first-order valence-electron chi connectivity index (χ1n) is 7.02. The van der Waals surface area contributed by atoms with Crippen LogP contribution in [0.4, 0.5) is 0 Å². The first kappa shape index (κ1) is 16.2. The Balaban J connectivity index is 1.98. The van der Waals surface area contributed by atoms with E-state index in [2.05, 4.69) is 47.6 Å². The number of thioether (sulfide) groups is 1. The fourth-order valence-corrected chi connectivity index (χ4v) is 2.66. The minimum absolute atomic E-state index is 0.188. The van der Waals surface area contributed by atoms with Crippen molar-refractivity contribution in [2.45, 2.75) is 32.1 Å². The first-order valence-corrected chi connectivity index (χ1v) is 9.13. The third-order valence-corrected chi connectivity index (χ3v) is 5.14. The van der Waals surface area contributed by atoms with Crippen LogP contribution in [0.2, 0.25) is 0 Å². The quantitative estimate of drug-likeness (QED) is 0.633. The van der Waals surface area contributed by atoms with Gasteiger partial charge in [0.25, 0.3) is 0 Å². The van der Waals surface area contributed by atoms with E-state index in [4.69, 9.17) is 0 Å². The van der Waals surface area contributed by atoms with E-state index in [9.17, 15) is 0 Å². The topological polar surface area (TPSA) is 53.7 Å². The number of fused-ring (bicyclic) bond motifs is 1. The van der Waals surface area contributed by atoms with E-state index in [1.807, 2.05) is 33.9 Å². The van der Waals surface area contributed by atoms with E-state index in [-0.39, 0.29) is 4.75 Å². The summed E-state index contributed by atoms with van der Waals surface area (Å²) in [7, 11) is 0. The molecule has 116 valence electrons. The summed E-state index contributed by atoms with van der Waals surface area (Å²) in [6.45, 7) is 8.82. The molecule has 2 N–H and O–H groups in total. The van der Waals surface area contributed by atoms with Crippen LogP contribution in [0.25, 0.3) is 4.96 Å². The van der Waals surface area contributed by atoms with Crippen LogP contribution in [-0.2, 0) is 6.54 Å². The monoisotopic (exact) mass is 325 g/mol. The average molecular weight is 326 g/mol. The number of aromatic nitrogens is 2. The van der Waals surface area contributed by atoms with Crippen molar-refractivity contribution in [3.8, 4) is 0 Å². The number of thiazole rings is 1. The van der Waals surface area contributed by atoms with Crippen LogP contribution < -0.4 is 10.6 Å². The zero-order chi connectivity index (χ0) is 15.3. The van der Waals surface area contributed by atoms with E-state index < -0.39 is 0 Å². The Kier molecular flexibility index (Phi) is 5.52. The van der Waals surface area contributed by atoms with Crippen LogP contribution in [0.3, 0.4) is 0 Å². The number of nitrogens with one attached hydrogen (secondary N) is 2. The van der Waals surface area contributed by atoms with Crippen LogP contribution >= 0.6 is 23.1 Å². The molecule has 2 aromatic heterocycles. The number of rotatable bonds is 6. The molecule has 0 spiro atoms. The Hall–Kier alpha value is -1.21. The molecule has 2 rings (SSSR count). The van der Waals surface area contributed by atoms with Gasteiger partial charge in [-0.3, -0.25) is 4.40 Å². The summed E-state index contributed by atoms with van der Waals surface area (Å²) in [5.74, 6) is 0.843. The van der Waals surface area contributed by atoms with E-state index in [1.165, 1.54) is 0 Å². The highest BCUT2D eigenvalue weighted by Crippen LogP contribution is 2.19. The van der Waals surface area contributed by atoms with Gasteiger partial charge >= 0.3 is 0 Å². The molecule has 0 aliphatic carbocycles. The fraction of sp³-hybridized carbons (Fsp3) is 0.571. The molecule has 0 bridgehead atoms. The lowest BCUT2D eigenvalue weighted by atomic mass is 10.2. The second kappa shape index (κ2) is 7.17. The second-order valence-corrected chi connectivity index (χ2v) is 7.72. The predicted molar refractivity (Wildman–Crippen MR) is 93.5 cm³/mol. The lowest BCUT2D eigenvalue weighted by Crippen LogP contribution is -2.43. The highest BCUT2D eigenvalue weighted by atomic mass is 32.2. The summed E-state index contributed by atoms with van der Waals surface area (Å²) in [6, 6.07) is 0. The SMILES string of the molecule is CCNC(=NCc1cn2ccsc2n1)NCC(C)(C)SC. The van der Waals surface area contributed by atoms with Crippen molar-refractivity contribution >= 4 is 34.0 Å². The van der Waals surface area contributed by atoms with Crippen LogP contribution in [0, 0.1) is 0 Å². The average Bonchev–Trinajstić information content (AvgIpc) is 3.03. The molecule has 21 heavy (non-hydrogen) atoms. The summed E-state index contributed by atoms with van der Waals surface area (Å²) in [4.78, 5) is 10.2. The number of hydrogen-bond acceptors (Lipinski definition) is 4. The molecule has 0 saturated heterocycles.